The Kier molecular flexibility index (Phi) is 5.18. The van der Waals surface area contributed by atoms with Crippen LogP contribution < -0.4 is 5.73 Å². The average Bonchev–Trinajstić information content (AvgIpc) is 2.92. The first-order valence-electron chi connectivity index (χ1n) is 8.33. The van der Waals surface area contributed by atoms with Crippen molar-refractivity contribution in [2.75, 3.05) is 12.3 Å². The molecule has 7 heteroatoms. The van der Waals surface area contributed by atoms with E-state index in [9.17, 15) is 4.79 Å². The number of anilines is 1. The summed E-state index contributed by atoms with van der Waals surface area (Å²) in [4.78, 5) is 22.1. The lowest BCUT2D eigenvalue weighted by molar-refractivity contribution is 0.0526. The van der Waals surface area contributed by atoms with Gasteiger partial charge in [-0.15, -0.1) is 11.8 Å². The molecule has 0 aliphatic rings. The van der Waals surface area contributed by atoms with Gasteiger partial charge in [0.25, 0.3) is 0 Å². The number of aromatic nitrogens is 2. The summed E-state index contributed by atoms with van der Waals surface area (Å²) in [5.41, 5.74) is 9.20. The average molecular weight is 371 g/mol. The zero-order valence-electron chi connectivity index (χ0n) is 15.3. The molecule has 0 atom stereocenters. The van der Waals surface area contributed by atoms with E-state index < -0.39 is 5.97 Å². The number of hydrogen-bond donors (Lipinski definition) is 1. The van der Waals surface area contributed by atoms with Gasteiger partial charge in [0.1, 0.15) is 23.0 Å². The maximum Gasteiger partial charge on any atom is 0.342 e. The Morgan fingerprint density at radius 2 is 2.00 bits per heavy atom. The van der Waals surface area contributed by atoms with Crippen LogP contribution in [0.5, 0.6) is 0 Å². The first kappa shape index (κ1) is 18.3. The van der Waals surface area contributed by atoms with E-state index >= 15 is 0 Å². The molecule has 0 amide bonds. The molecule has 2 heterocycles. The summed E-state index contributed by atoms with van der Waals surface area (Å²) >= 11 is 1.63. The highest BCUT2D eigenvalue weighted by Crippen LogP contribution is 2.30. The summed E-state index contributed by atoms with van der Waals surface area (Å²) in [6, 6.07) is 6.31. The van der Waals surface area contributed by atoms with Gasteiger partial charge in [-0.1, -0.05) is 6.07 Å². The molecule has 3 aromatic rings. The first-order valence-corrected chi connectivity index (χ1v) is 9.32. The van der Waals surface area contributed by atoms with Gasteiger partial charge in [-0.3, -0.25) is 0 Å². The third kappa shape index (κ3) is 3.53. The van der Waals surface area contributed by atoms with Gasteiger partial charge in [-0.05, 0) is 51.0 Å². The van der Waals surface area contributed by atoms with Crippen molar-refractivity contribution >= 4 is 34.6 Å². The minimum absolute atomic E-state index is 0.227. The number of ether oxygens (including phenoxy) is 1. The van der Waals surface area contributed by atoms with Gasteiger partial charge in [0.05, 0.1) is 17.7 Å². The number of aryl methyl sites for hydroxylation is 3. The third-order valence-electron chi connectivity index (χ3n) is 4.13. The van der Waals surface area contributed by atoms with Crippen LogP contribution in [0.4, 0.5) is 5.82 Å². The first-order chi connectivity index (χ1) is 12.4. The number of nitrogen functional groups attached to an aromatic ring is 1. The molecule has 0 radical (unpaired) electrons. The van der Waals surface area contributed by atoms with Crippen LogP contribution in [0.25, 0.3) is 11.1 Å². The minimum atomic E-state index is -0.476. The fraction of sp³-hybridized carbons (Fsp3) is 0.316. The molecule has 1 aromatic carbocycles. The van der Waals surface area contributed by atoms with E-state index in [4.69, 9.17) is 14.9 Å². The van der Waals surface area contributed by atoms with Gasteiger partial charge in [-0.2, -0.15) is 4.98 Å². The van der Waals surface area contributed by atoms with Crippen LogP contribution >= 0.6 is 11.8 Å². The van der Waals surface area contributed by atoms with E-state index in [-0.39, 0.29) is 12.4 Å². The lowest BCUT2D eigenvalue weighted by Gasteiger charge is -2.06. The second kappa shape index (κ2) is 7.37. The molecule has 6 nitrogen and oxygen atoms in total. The van der Waals surface area contributed by atoms with E-state index in [1.807, 2.05) is 0 Å². The van der Waals surface area contributed by atoms with E-state index in [0.717, 1.165) is 4.90 Å². The zero-order chi connectivity index (χ0) is 18.8. The minimum Gasteiger partial charge on any atom is -0.462 e. The van der Waals surface area contributed by atoms with Crippen LogP contribution in [0.15, 0.2) is 27.5 Å². The summed E-state index contributed by atoms with van der Waals surface area (Å²) in [6.07, 6.45) is 0. The number of thioether (sulfide) groups is 1. The zero-order valence-corrected chi connectivity index (χ0v) is 16.1. The highest BCUT2D eigenvalue weighted by atomic mass is 32.2. The van der Waals surface area contributed by atoms with Crippen molar-refractivity contribution in [2.24, 2.45) is 0 Å². The Bertz CT molecular complexity index is 982. The standard InChI is InChI=1S/C19H21N3O3S/c1-5-24-19(23)15-12(4)25-18-16(15)17(20)21-14(22-18)9-26-13-7-6-10(2)11(3)8-13/h6-8H,5,9H2,1-4H3,(H2,20,21,22). The molecule has 2 N–H and O–H groups in total. The molecule has 26 heavy (non-hydrogen) atoms. The Hall–Kier alpha value is -2.54. The summed E-state index contributed by atoms with van der Waals surface area (Å²) in [5, 5.41) is 0.417. The monoisotopic (exact) mass is 371 g/mol. The number of nitrogens with zero attached hydrogens (tertiary/aromatic N) is 2. The molecular weight excluding hydrogens is 350 g/mol. The summed E-state index contributed by atoms with van der Waals surface area (Å²) in [7, 11) is 0. The van der Waals surface area contributed by atoms with Crippen LogP contribution in [0.2, 0.25) is 0 Å². The number of hydrogen-bond acceptors (Lipinski definition) is 7. The van der Waals surface area contributed by atoms with Crippen molar-refractivity contribution < 1.29 is 13.9 Å². The number of nitrogens with two attached hydrogens (primary N) is 1. The predicted molar refractivity (Wildman–Crippen MR) is 102 cm³/mol. The maximum absolute atomic E-state index is 12.2. The smallest absolute Gasteiger partial charge is 0.342 e. The number of furan rings is 1. The number of benzene rings is 1. The number of carbonyl (C=O) groups is 1. The Morgan fingerprint density at radius 1 is 1.23 bits per heavy atom. The number of carbonyl (C=O) groups excluding carboxylic acids is 1. The maximum atomic E-state index is 12.2. The number of esters is 1. The topological polar surface area (TPSA) is 91.2 Å². The van der Waals surface area contributed by atoms with E-state index in [0.29, 0.717) is 34.0 Å². The van der Waals surface area contributed by atoms with Crippen molar-refractivity contribution in [3.8, 4) is 0 Å². The van der Waals surface area contributed by atoms with E-state index in [2.05, 4.69) is 42.0 Å². The molecule has 0 fully saturated rings. The van der Waals surface area contributed by atoms with Gasteiger partial charge < -0.3 is 14.9 Å². The van der Waals surface area contributed by atoms with E-state index in [1.165, 1.54) is 11.1 Å². The fourth-order valence-electron chi connectivity index (χ4n) is 2.65. The molecule has 0 aliphatic carbocycles. The second-order valence-electron chi connectivity index (χ2n) is 5.99. The molecule has 0 saturated heterocycles. The van der Waals surface area contributed by atoms with Crippen molar-refractivity contribution in [1.29, 1.82) is 0 Å². The van der Waals surface area contributed by atoms with Crippen molar-refractivity contribution in [3.63, 3.8) is 0 Å². The number of fused-ring (bicyclic) bond motifs is 1. The highest BCUT2D eigenvalue weighted by Gasteiger charge is 2.23. The lowest BCUT2D eigenvalue weighted by Crippen LogP contribution is -2.07. The van der Waals surface area contributed by atoms with Gasteiger partial charge in [0.2, 0.25) is 5.71 Å². The summed E-state index contributed by atoms with van der Waals surface area (Å²) in [5.74, 6) is 1.29. The Balaban J connectivity index is 1.89. The molecule has 0 aliphatic heterocycles. The van der Waals surface area contributed by atoms with Crippen molar-refractivity contribution in [2.45, 2.75) is 38.3 Å². The Morgan fingerprint density at radius 3 is 2.69 bits per heavy atom. The van der Waals surface area contributed by atoms with Crippen LogP contribution in [0, 0.1) is 20.8 Å². The molecular formula is C19H21N3O3S. The molecule has 136 valence electrons. The SMILES string of the molecule is CCOC(=O)c1c(C)oc2nc(CSc3ccc(C)c(C)c3)nc(N)c12. The van der Waals surface area contributed by atoms with Crippen LogP contribution in [0.3, 0.4) is 0 Å². The van der Waals surface area contributed by atoms with Crippen LogP contribution in [0.1, 0.15) is 40.0 Å². The van der Waals surface area contributed by atoms with Gasteiger partial charge in [0, 0.05) is 4.90 Å². The summed E-state index contributed by atoms with van der Waals surface area (Å²) < 4.78 is 10.7. The van der Waals surface area contributed by atoms with Crippen molar-refractivity contribution in [1.82, 2.24) is 9.97 Å². The van der Waals surface area contributed by atoms with Gasteiger partial charge in [-0.25, -0.2) is 9.78 Å². The number of rotatable bonds is 5. The largest absolute Gasteiger partial charge is 0.462 e. The molecule has 0 unspecified atom stereocenters. The summed E-state index contributed by atoms with van der Waals surface area (Å²) in [6.45, 7) is 7.88. The Labute approximate surface area is 156 Å². The molecule has 3 rings (SSSR count). The third-order valence-corrected chi connectivity index (χ3v) is 5.12. The van der Waals surface area contributed by atoms with Crippen molar-refractivity contribution in [3.05, 3.63) is 46.5 Å². The quantitative estimate of drug-likeness (QED) is 0.531. The fourth-order valence-corrected chi connectivity index (χ4v) is 3.50. The van der Waals surface area contributed by atoms with Gasteiger partial charge in [0.15, 0.2) is 0 Å². The highest BCUT2D eigenvalue weighted by molar-refractivity contribution is 7.98. The predicted octanol–water partition coefficient (Wildman–Crippen LogP) is 4.20. The normalized spacial score (nSPS) is 11.1. The lowest BCUT2D eigenvalue weighted by atomic mass is 10.1. The molecule has 0 saturated carbocycles. The van der Waals surface area contributed by atoms with Gasteiger partial charge >= 0.3 is 5.97 Å². The van der Waals surface area contributed by atoms with Crippen LogP contribution in [-0.2, 0) is 10.5 Å². The second-order valence-corrected chi connectivity index (χ2v) is 7.04. The molecule has 2 aromatic heterocycles. The van der Waals surface area contributed by atoms with Crippen LogP contribution in [-0.4, -0.2) is 22.5 Å². The molecule has 0 bridgehead atoms. The van der Waals surface area contributed by atoms with E-state index in [1.54, 1.807) is 25.6 Å². The molecule has 0 spiro atoms.